The molecule has 3 heterocycles. The van der Waals surface area contributed by atoms with Crippen LogP contribution in [0.25, 0.3) is 72.3 Å². The summed E-state index contributed by atoms with van der Waals surface area (Å²) in [5.74, 6) is 1.02. The van der Waals surface area contributed by atoms with Gasteiger partial charge in [-0.3, -0.25) is 4.57 Å². The number of benzene rings is 13. The molecule has 0 amide bonds. The highest BCUT2D eigenvalue weighted by Crippen LogP contribution is 2.41. The Morgan fingerprint density at radius 2 is 0.854 bits per heavy atom. The van der Waals surface area contributed by atoms with E-state index in [1.54, 1.807) is 42.6 Å². The van der Waals surface area contributed by atoms with Crippen molar-refractivity contribution in [3.8, 4) is 50.9 Å². The molecule has 103 heavy (non-hydrogen) atoms. The number of aromatic nitrogens is 4. The first-order valence-corrected chi connectivity index (χ1v) is 37.3. The number of hydrogen-bond donors (Lipinski definition) is 0. The maximum atomic E-state index is 11.4. The summed E-state index contributed by atoms with van der Waals surface area (Å²) in [5, 5.41) is -5.55. The van der Waals surface area contributed by atoms with Crippen molar-refractivity contribution in [1.29, 1.82) is 0 Å². The predicted molar refractivity (Wildman–Crippen MR) is 438 cm³/mol. The van der Waals surface area contributed by atoms with Crippen LogP contribution in [0.5, 0.6) is 11.5 Å². The summed E-state index contributed by atoms with van der Waals surface area (Å²) in [5.41, 5.74) is 1.68. The lowest BCUT2D eigenvalue weighted by Crippen LogP contribution is -2.74. The van der Waals surface area contributed by atoms with Crippen LogP contribution in [-0.4, -0.2) is 30.3 Å². The molecule has 7 heteroatoms. The third-order valence-electron chi connectivity index (χ3n) is 18.7. The molecular formula is C96H85N4OSi2+. The molecule has 0 aliphatic carbocycles. The Hall–Kier alpha value is -11.5. The molecule has 0 spiro atoms. The van der Waals surface area contributed by atoms with E-state index in [4.69, 9.17) is 17.9 Å². The lowest BCUT2D eigenvalue weighted by Gasteiger charge is -2.34. The Morgan fingerprint density at radius 1 is 0.369 bits per heavy atom. The van der Waals surface area contributed by atoms with E-state index in [0.29, 0.717) is 22.6 Å². The number of hydrogen-bond acceptors (Lipinski definition) is 2. The number of nitrogens with zero attached hydrogens (tertiary/aromatic N) is 4. The van der Waals surface area contributed by atoms with E-state index in [-0.39, 0.29) is 49.9 Å². The molecule has 3 aromatic heterocycles. The summed E-state index contributed by atoms with van der Waals surface area (Å²) in [7, 11) is -12.6. The van der Waals surface area contributed by atoms with E-state index in [9.17, 15) is 38.4 Å². The first-order valence-electron chi connectivity index (χ1n) is 50.3. The highest BCUT2D eigenvalue weighted by Gasteiger charge is 2.44. The van der Waals surface area contributed by atoms with Crippen LogP contribution in [0, 0.1) is 0 Å². The molecular weight excluding hydrogens is 1280 g/mol. The highest BCUT2D eigenvalue weighted by atomic mass is 28.3. The number of fused-ring (bicyclic) bond motifs is 4. The van der Waals surface area contributed by atoms with Gasteiger partial charge in [-0.25, -0.2) is 4.98 Å². The molecule has 0 aliphatic heterocycles. The van der Waals surface area contributed by atoms with Gasteiger partial charge >= 0.3 is 0 Å². The van der Waals surface area contributed by atoms with Gasteiger partial charge in [-0.1, -0.05) is 334 Å². The second-order valence-corrected chi connectivity index (χ2v) is 35.2. The van der Waals surface area contributed by atoms with Crippen molar-refractivity contribution >= 4 is 90.5 Å². The smallest absolute Gasteiger partial charge is 0.255 e. The van der Waals surface area contributed by atoms with Crippen LogP contribution in [0.4, 0.5) is 0 Å². The quantitative estimate of drug-likeness (QED) is 0.0583. The SMILES string of the molecule is [2H]c1c([2H])c([2H])c([Si](c2ccc3c(c2)n(-c2cccc(Oc4ccc5c6ccccc6n(-c6cc(C(C)(C)C)ccn6)c5c4)c2)c[n+]3-c2c(-c3cc(C(C)(C)C)cc(C(C)(C)C)c3)cccc2-c2c([2H])c([2H])c([2H])c([Si](c3c([2H])c([2H])c([2H])c([2H])c3[2H])(c3c([2H])c([2H])c([2H])c([2H])c3[2H])c3c([2H])c([2H])c([2H])c([2H])c3[2H])c2[2H])(c2c([2H])c([2H])c([2H])c([2H])c2[2H])c2c([2H])c([2H])c([2H])c([2H])c2[2H])c([2H])c1[2H]. The molecule has 13 aromatic carbocycles. The minimum atomic E-state index is -6.57. The van der Waals surface area contributed by atoms with Crippen LogP contribution in [0.3, 0.4) is 0 Å². The molecule has 0 atom stereocenters. The molecule has 0 aliphatic rings. The van der Waals surface area contributed by atoms with Crippen molar-refractivity contribution in [1.82, 2.24) is 14.1 Å². The molecule has 16 rings (SSSR count). The lowest BCUT2D eigenvalue weighted by molar-refractivity contribution is -0.566. The van der Waals surface area contributed by atoms with Gasteiger partial charge in [0.15, 0.2) is 27.2 Å². The van der Waals surface area contributed by atoms with Crippen LogP contribution in [0.2, 0.25) is 0 Å². The summed E-state index contributed by atoms with van der Waals surface area (Å²) in [6, 6.07) is -0.0554. The normalized spacial score (nSPS) is 16.9. The van der Waals surface area contributed by atoms with Crippen molar-refractivity contribution in [2.45, 2.75) is 78.6 Å². The summed E-state index contributed by atoms with van der Waals surface area (Å²) in [6.45, 7) is 18.1. The number of ether oxygens (including phenoxy) is 1. The van der Waals surface area contributed by atoms with Gasteiger partial charge in [0, 0.05) is 40.2 Å². The van der Waals surface area contributed by atoms with Crippen LogP contribution in [0.15, 0.2) is 351 Å². The topological polar surface area (TPSA) is 35.9 Å². The van der Waals surface area contributed by atoms with Crippen molar-refractivity contribution in [2.24, 2.45) is 0 Å². The summed E-state index contributed by atoms with van der Waals surface area (Å²) in [6.07, 6.45) is 3.23. The monoisotopic (exact) mass is 1400 g/mol. The van der Waals surface area contributed by atoms with E-state index in [1.807, 2.05) is 113 Å². The third-order valence-corrected chi connectivity index (χ3v) is 26.9. The average Bonchev–Trinajstić information content (AvgIpc) is 1.35. The molecule has 502 valence electrons. The molecule has 0 radical (unpaired) electrons. The molecule has 0 bridgehead atoms. The molecule has 0 unspecified atom stereocenters. The van der Waals surface area contributed by atoms with E-state index >= 15 is 0 Å². The van der Waals surface area contributed by atoms with Gasteiger partial charge in [-0.2, -0.15) is 9.13 Å². The molecule has 0 fully saturated rings. The molecule has 16 aromatic rings. The van der Waals surface area contributed by atoms with Crippen molar-refractivity contribution in [2.75, 3.05) is 0 Å². The van der Waals surface area contributed by atoms with E-state index < -0.39 is 274 Å². The molecule has 0 N–H and O–H groups in total. The van der Waals surface area contributed by atoms with Crippen molar-refractivity contribution in [3.05, 3.63) is 368 Å². The summed E-state index contributed by atoms with van der Waals surface area (Å²) < 4.78 is 343. The van der Waals surface area contributed by atoms with Crippen LogP contribution in [0.1, 0.15) is 126 Å². The summed E-state index contributed by atoms with van der Waals surface area (Å²) >= 11 is 0. The van der Waals surface area contributed by atoms with E-state index in [1.165, 1.54) is 45.8 Å². The largest absolute Gasteiger partial charge is 0.457 e. The van der Waals surface area contributed by atoms with Crippen molar-refractivity contribution in [3.63, 3.8) is 0 Å². The second kappa shape index (κ2) is 26.5. The fraction of sp³-hybridized carbons (Fsp3) is 0.125. The number of pyridine rings is 1. The van der Waals surface area contributed by atoms with Gasteiger partial charge in [-0.05, 0) is 140 Å². The first kappa shape index (κ1) is 38.0. The highest BCUT2D eigenvalue weighted by molar-refractivity contribution is 7.20. The summed E-state index contributed by atoms with van der Waals surface area (Å²) in [4.78, 5) is 4.88. The fourth-order valence-corrected chi connectivity index (χ4v) is 21.0. The lowest BCUT2D eigenvalue weighted by atomic mass is 9.78. The number of imidazole rings is 1. The van der Waals surface area contributed by atoms with E-state index in [2.05, 4.69) is 20.8 Å². The Bertz CT molecular complexity index is 7430. The first-order chi connectivity index (χ1) is 64.1. The fourth-order valence-electron chi connectivity index (χ4n) is 13.6. The zero-order valence-electron chi connectivity index (χ0n) is 91.6. The average molecular weight is 1400 g/mol. The predicted octanol–water partition coefficient (Wildman–Crippen LogP) is 18.2. The number of rotatable bonds is 15. The van der Waals surface area contributed by atoms with Crippen LogP contribution >= 0.6 is 0 Å². The zero-order chi connectivity index (χ0) is 100. The molecule has 0 saturated heterocycles. The van der Waals surface area contributed by atoms with Gasteiger partial charge in [0.25, 0.3) is 6.33 Å². The molecule has 0 saturated carbocycles. The Kier molecular flexibility index (Phi) is 9.76. The third kappa shape index (κ3) is 12.0. The minimum absolute atomic E-state index is 0.0344. The van der Waals surface area contributed by atoms with Gasteiger partial charge in [0.05, 0.1) is 57.6 Å². The maximum Gasteiger partial charge on any atom is 0.255 e. The number of para-hydroxylation sites is 2. The van der Waals surface area contributed by atoms with E-state index in [0.717, 1.165) is 33.0 Å². The van der Waals surface area contributed by atoms with Gasteiger partial charge in [0.2, 0.25) is 0 Å². The Labute approximate surface area is 656 Å². The minimum Gasteiger partial charge on any atom is -0.457 e. The zero-order valence-corrected chi connectivity index (χ0v) is 59.6. The van der Waals surface area contributed by atoms with Crippen LogP contribution < -0.4 is 50.8 Å². The Balaban J connectivity index is 1.13. The van der Waals surface area contributed by atoms with Crippen LogP contribution in [-0.2, 0) is 16.2 Å². The van der Waals surface area contributed by atoms with Gasteiger partial charge in [-0.15, -0.1) is 0 Å². The molecule has 5 nitrogen and oxygen atoms in total. The van der Waals surface area contributed by atoms with Gasteiger partial charge in [0.1, 0.15) is 28.7 Å². The second-order valence-electron chi connectivity index (χ2n) is 28.1. The van der Waals surface area contributed by atoms with Gasteiger partial charge < -0.3 is 4.74 Å². The standard InChI is InChI=1S/C96H85N4OSi2/c1-94(2,3)70-57-58-97-92(63-70)100-88-52-29-28-49-86(88)87-55-53-75(65-90(87)100)101-74-35-31-34-73(64-74)98-67-99(89-56-54-83(66-91(89)98)103(79-42-22-13-23-43-79,80-44-24-14-25-45-80)81-46-26-15-27-47-81)93-84(50-32-51-85(93)69-59-71(95(4,5)6)62-72(60-69)96(7,8)9)68-33-30-48-82(61-68)102(76-36-16-10-17-37-76,77-38-18-11-19-39-77)78-40-20-12-21-41-78/h10-67H,1-9H3/q+1/i10D,11D,12D,13D,14D,15D,16D,17D,18D,19D,20D,21D,22D,23D,24D,25D,26D,27D,30D,33D,36D,37D,38D,39D,40D,41D,42D,43D,44D,45D,46D,47D,48D,61D. The van der Waals surface area contributed by atoms with Crippen molar-refractivity contribution < 1.29 is 55.9 Å². The maximum absolute atomic E-state index is 11.4. The Morgan fingerprint density at radius 3 is 1.40 bits per heavy atom.